The van der Waals surface area contributed by atoms with Crippen LogP contribution >= 0.6 is 0 Å². The summed E-state index contributed by atoms with van der Waals surface area (Å²) in [4.78, 5) is 30.8. The number of rotatable bonds is 6. The third-order valence-electron chi connectivity index (χ3n) is 1.46. The van der Waals surface area contributed by atoms with E-state index in [0.717, 1.165) is 0 Å². The highest BCUT2D eigenvalue weighted by Gasteiger charge is 2.15. The van der Waals surface area contributed by atoms with Gasteiger partial charge in [0.2, 0.25) is 0 Å². The van der Waals surface area contributed by atoms with Crippen molar-refractivity contribution in [3.05, 3.63) is 11.3 Å². The Bertz CT molecular complexity index is 297. The lowest BCUT2D eigenvalue weighted by molar-refractivity contribution is -0.139. The maximum absolute atomic E-state index is 10.3. The molecule has 0 rings (SSSR count). The van der Waals surface area contributed by atoms with Gasteiger partial charge in [-0.05, 0) is 5.57 Å². The van der Waals surface area contributed by atoms with Gasteiger partial charge in [-0.2, -0.15) is 0 Å². The second-order valence-electron chi connectivity index (χ2n) is 2.76. The van der Waals surface area contributed by atoms with Crippen molar-refractivity contribution >= 4 is 17.9 Å². The summed E-state index contributed by atoms with van der Waals surface area (Å²) >= 11 is 0. The van der Waals surface area contributed by atoms with Crippen LogP contribution in [0.4, 0.5) is 0 Å². The minimum Gasteiger partial charge on any atom is -0.512 e. The van der Waals surface area contributed by atoms with E-state index in [1.54, 1.807) is 0 Å². The Morgan fingerprint density at radius 1 is 0.667 bits per heavy atom. The normalized spacial score (nSPS) is 9.33. The van der Waals surface area contributed by atoms with Crippen LogP contribution in [0, 0.1) is 0 Å². The first kappa shape index (κ1) is 12.9. The number of carboxylic acid groups (broad SMARTS) is 3. The van der Waals surface area contributed by atoms with E-state index in [0.29, 0.717) is 0 Å². The van der Waals surface area contributed by atoms with Gasteiger partial charge >= 0.3 is 17.9 Å². The molecule has 15 heavy (non-hydrogen) atoms. The molecular weight excluding hydrogens is 208 g/mol. The summed E-state index contributed by atoms with van der Waals surface area (Å²) in [6.45, 7) is 0. The topological polar surface area (TPSA) is 132 Å². The molecule has 0 fully saturated rings. The Labute approximate surface area is 84.3 Å². The molecule has 0 saturated heterocycles. The summed E-state index contributed by atoms with van der Waals surface area (Å²) in [5.41, 5.74) is -0.308. The molecule has 0 aromatic heterocycles. The van der Waals surface area contributed by atoms with Crippen molar-refractivity contribution < 1.29 is 34.8 Å². The molecule has 7 heteroatoms. The largest absolute Gasteiger partial charge is 0.512 e. The smallest absolute Gasteiger partial charge is 0.311 e. The first-order valence-electron chi connectivity index (χ1n) is 3.88. The summed E-state index contributed by atoms with van der Waals surface area (Å²) in [5, 5.41) is 34.2. The van der Waals surface area contributed by atoms with Crippen molar-refractivity contribution in [2.45, 2.75) is 19.3 Å². The quantitative estimate of drug-likeness (QED) is 0.469. The lowest BCUT2D eigenvalue weighted by Gasteiger charge is -2.04. The molecule has 0 atom stereocenters. The van der Waals surface area contributed by atoms with E-state index in [1.165, 1.54) is 0 Å². The molecule has 0 bridgehead atoms. The van der Waals surface area contributed by atoms with Gasteiger partial charge < -0.3 is 20.4 Å². The lowest BCUT2D eigenvalue weighted by Crippen LogP contribution is -2.08. The predicted molar refractivity (Wildman–Crippen MR) is 46.4 cm³/mol. The molecule has 7 nitrogen and oxygen atoms in total. The standard InChI is InChI=1S/C8H10O7/c9-5(3-8(14)15)4(1-6(10)11)2-7(12)13/h9H,1-3H2,(H,10,11)(H,12,13)(H,14,15). The Kier molecular flexibility index (Phi) is 4.86. The minimum absolute atomic E-state index is 0.308. The van der Waals surface area contributed by atoms with Gasteiger partial charge in [0.05, 0.1) is 12.8 Å². The van der Waals surface area contributed by atoms with E-state index in [9.17, 15) is 14.4 Å². The number of carbonyl (C=O) groups is 3. The van der Waals surface area contributed by atoms with E-state index in [4.69, 9.17) is 20.4 Å². The molecule has 0 saturated carbocycles. The molecule has 0 amide bonds. The maximum atomic E-state index is 10.3. The third-order valence-corrected chi connectivity index (χ3v) is 1.46. The second-order valence-corrected chi connectivity index (χ2v) is 2.76. The van der Waals surface area contributed by atoms with Crippen molar-refractivity contribution in [3.8, 4) is 0 Å². The molecule has 0 aromatic rings. The van der Waals surface area contributed by atoms with E-state index < -0.39 is 42.9 Å². The molecule has 0 aromatic carbocycles. The van der Waals surface area contributed by atoms with E-state index >= 15 is 0 Å². The van der Waals surface area contributed by atoms with Crippen LogP contribution in [-0.4, -0.2) is 38.3 Å². The van der Waals surface area contributed by atoms with Crippen LogP contribution in [0.15, 0.2) is 11.3 Å². The Balaban J connectivity index is 4.78. The first-order valence-corrected chi connectivity index (χ1v) is 3.88. The number of hydrogen-bond donors (Lipinski definition) is 4. The summed E-state index contributed by atoms with van der Waals surface area (Å²) in [7, 11) is 0. The van der Waals surface area contributed by atoms with E-state index in [2.05, 4.69) is 0 Å². The highest BCUT2D eigenvalue weighted by Crippen LogP contribution is 2.14. The molecule has 0 unspecified atom stereocenters. The van der Waals surface area contributed by atoms with Gasteiger partial charge in [0.25, 0.3) is 0 Å². The Morgan fingerprint density at radius 2 is 1.00 bits per heavy atom. The predicted octanol–water partition coefficient (Wildman–Crippen LogP) is 0.223. The second kappa shape index (κ2) is 5.63. The molecule has 0 radical (unpaired) electrons. The highest BCUT2D eigenvalue weighted by atomic mass is 16.4. The molecular formula is C8H10O7. The molecule has 0 aliphatic carbocycles. The van der Waals surface area contributed by atoms with Gasteiger partial charge in [0.15, 0.2) is 0 Å². The fraction of sp³-hybridized carbons (Fsp3) is 0.375. The summed E-state index contributed by atoms with van der Waals surface area (Å²) < 4.78 is 0. The fourth-order valence-electron chi connectivity index (χ4n) is 0.900. The van der Waals surface area contributed by atoms with Gasteiger partial charge in [-0.3, -0.25) is 14.4 Å². The van der Waals surface area contributed by atoms with Crippen LogP contribution in [0.5, 0.6) is 0 Å². The van der Waals surface area contributed by atoms with Crippen LogP contribution < -0.4 is 0 Å². The number of hydrogen-bond acceptors (Lipinski definition) is 4. The van der Waals surface area contributed by atoms with E-state index in [-0.39, 0.29) is 5.57 Å². The van der Waals surface area contributed by atoms with Crippen molar-refractivity contribution in [1.82, 2.24) is 0 Å². The van der Waals surface area contributed by atoms with Crippen LogP contribution in [0.3, 0.4) is 0 Å². The molecule has 0 aliphatic heterocycles. The third kappa shape index (κ3) is 6.08. The van der Waals surface area contributed by atoms with Crippen molar-refractivity contribution in [3.63, 3.8) is 0 Å². The summed E-state index contributed by atoms with van der Waals surface area (Å²) in [6.07, 6.45) is -2.16. The van der Waals surface area contributed by atoms with Gasteiger partial charge in [-0.15, -0.1) is 0 Å². The Hall–Kier alpha value is -2.05. The molecule has 0 spiro atoms. The van der Waals surface area contributed by atoms with Crippen molar-refractivity contribution in [2.75, 3.05) is 0 Å². The first-order chi connectivity index (χ1) is 6.82. The monoisotopic (exact) mass is 218 g/mol. The molecule has 0 aliphatic rings. The maximum Gasteiger partial charge on any atom is 0.311 e. The lowest BCUT2D eigenvalue weighted by atomic mass is 10.1. The zero-order valence-corrected chi connectivity index (χ0v) is 7.63. The SMILES string of the molecule is O=C(O)CC(O)=C(CC(=O)O)CC(=O)O. The number of carboxylic acids is 3. The zero-order valence-electron chi connectivity index (χ0n) is 7.63. The summed E-state index contributed by atoms with van der Waals surface area (Å²) in [6, 6.07) is 0. The van der Waals surface area contributed by atoms with Gasteiger partial charge in [-0.25, -0.2) is 0 Å². The van der Waals surface area contributed by atoms with Crippen LogP contribution in [0.25, 0.3) is 0 Å². The van der Waals surface area contributed by atoms with Crippen LogP contribution in [0.1, 0.15) is 19.3 Å². The molecule has 0 heterocycles. The average Bonchev–Trinajstić information content (AvgIpc) is 1.99. The van der Waals surface area contributed by atoms with Gasteiger partial charge in [0.1, 0.15) is 12.2 Å². The number of aliphatic hydroxyl groups is 1. The average molecular weight is 218 g/mol. The number of aliphatic hydroxyl groups excluding tert-OH is 1. The Morgan fingerprint density at radius 3 is 1.27 bits per heavy atom. The molecule has 4 N–H and O–H groups in total. The van der Waals surface area contributed by atoms with Crippen LogP contribution in [-0.2, 0) is 14.4 Å². The van der Waals surface area contributed by atoms with Crippen molar-refractivity contribution in [1.29, 1.82) is 0 Å². The van der Waals surface area contributed by atoms with E-state index in [1.807, 2.05) is 0 Å². The number of aliphatic carboxylic acids is 3. The zero-order chi connectivity index (χ0) is 12.0. The van der Waals surface area contributed by atoms with Crippen LogP contribution in [0.2, 0.25) is 0 Å². The molecule has 84 valence electrons. The fourth-order valence-corrected chi connectivity index (χ4v) is 0.900. The summed E-state index contributed by atoms with van der Waals surface area (Å²) in [5.74, 6) is -4.74. The minimum atomic E-state index is -1.36. The van der Waals surface area contributed by atoms with Gasteiger partial charge in [-0.1, -0.05) is 0 Å². The highest BCUT2D eigenvalue weighted by molar-refractivity contribution is 5.77. The van der Waals surface area contributed by atoms with Crippen molar-refractivity contribution in [2.24, 2.45) is 0 Å². The van der Waals surface area contributed by atoms with Gasteiger partial charge in [0, 0.05) is 0 Å².